The van der Waals surface area contributed by atoms with Gasteiger partial charge in [-0.3, -0.25) is 4.79 Å². The van der Waals surface area contributed by atoms with Crippen LogP contribution in [0.2, 0.25) is 0 Å². The molecule has 0 spiro atoms. The molecule has 0 saturated heterocycles. The van der Waals surface area contributed by atoms with Gasteiger partial charge in [-0.05, 0) is 6.07 Å². The lowest BCUT2D eigenvalue weighted by Gasteiger charge is -2.10. The monoisotopic (exact) mass is 254 g/mol. The lowest BCUT2D eigenvalue weighted by Crippen LogP contribution is -2.21. The smallest absolute Gasteiger partial charge is 0.403 e. The van der Waals surface area contributed by atoms with Crippen LogP contribution in [0.25, 0.3) is 0 Å². The molecule has 0 radical (unpaired) electrons. The van der Waals surface area contributed by atoms with Gasteiger partial charge in [0.05, 0.1) is 5.56 Å². The van der Waals surface area contributed by atoms with Crippen molar-refractivity contribution < 1.29 is 26.7 Å². The Hall–Kier alpha value is -2.11. The summed E-state index contributed by atoms with van der Waals surface area (Å²) in [6, 6.07) is 1.39. The number of pyridine rings is 1. The van der Waals surface area contributed by atoms with Gasteiger partial charge in [0.1, 0.15) is 6.07 Å². The Morgan fingerprint density at radius 2 is 2.00 bits per heavy atom. The van der Waals surface area contributed by atoms with Gasteiger partial charge < -0.3 is 9.72 Å². The average Bonchev–Trinajstić information content (AvgIpc) is 2.17. The van der Waals surface area contributed by atoms with Crippen molar-refractivity contribution >= 4 is 0 Å². The maximum atomic E-state index is 12.2. The number of nitrogens with zero attached hydrogens (tertiary/aromatic N) is 1. The molecule has 0 bridgehead atoms. The molecule has 1 aromatic heterocycles. The van der Waals surface area contributed by atoms with E-state index in [1.165, 1.54) is 6.07 Å². The zero-order chi connectivity index (χ0) is 13.2. The molecule has 1 heterocycles. The fourth-order valence-corrected chi connectivity index (χ4v) is 0.977. The first-order valence-electron chi connectivity index (χ1n) is 3.96. The first-order valence-corrected chi connectivity index (χ1v) is 3.96. The topological polar surface area (TPSA) is 65.9 Å². The second-order valence-corrected chi connectivity index (χ2v) is 2.75. The van der Waals surface area contributed by atoms with Crippen LogP contribution in [0.1, 0.15) is 17.7 Å². The predicted molar refractivity (Wildman–Crippen MR) is 43.4 cm³/mol. The molecule has 0 aliphatic carbocycles. The van der Waals surface area contributed by atoms with Crippen molar-refractivity contribution in [3.8, 4) is 11.8 Å². The molecular formula is C8H3F5N2O2. The summed E-state index contributed by atoms with van der Waals surface area (Å²) in [5.74, 6) is -1.17. The molecule has 0 aliphatic heterocycles. The van der Waals surface area contributed by atoms with Gasteiger partial charge in [0.2, 0.25) is 0 Å². The molecule has 1 aromatic rings. The van der Waals surface area contributed by atoms with Gasteiger partial charge in [-0.2, -0.15) is 5.26 Å². The third kappa shape index (κ3) is 3.17. The highest BCUT2D eigenvalue weighted by Crippen LogP contribution is 2.27. The van der Waals surface area contributed by atoms with Crippen LogP contribution in [-0.4, -0.2) is 11.3 Å². The molecule has 0 unspecified atom stereocenters. The van der Waals surface area contributed by atoms with E-state index in [1.807, 2.05) is 0 Å². The summed E-state index contributed by atoms with van der Waals surface area (Å²) in [7, 11) is 0. The van der Waals surface area contributed by atoms with Gasteiger partial charge in [-0.15, -0.1) is 13.2 Å². The van der Waals surface area contributed by atoms with Gasteiger partial charge in [0, 0.05) is 0 Å². The van der Waals surface area contributed by atoms with Crippen LogP contribution >= 0.6 is 0 Å². The van der Waals surface area contributed by atoms with Crippen molar-refractivity contribution in [2.45, 2.75) is 12.8 Å². The molecule has 4 nitrogen and oxygen atoms in total. The van der Waals surface area contributed by atoms with Crippen LogP contribution in [0.5, 0.6) is 5.75 Å². The van der Waals surface area contributed by atoms with E-state index in [4.69, 9.17) is 5.26 Å². The number of hydrogen-bond acceptors (Lipinski definition) is 3. The maximum Gasteiger partial charge on any atom is 0.573 e. The number of nitriles is 1. The van der Waals surface area contributed by atoms with E-state index in [0.717, 1.165) is 0 Å². The number of alkyl halides is 5. The molecule has 0 saturated carbocycles. The number of aromatic amines is 1. The SMILES string of the molecule is N#Cc1[nH]c(=O)c(C(F)F)cc1OC(F)(F)F. The second kappa shape index (κ2) is 4.40. The number of nitrogens with one attached hydrogen (secondary N) is 1. The van der Waals surface area contributed by atoms with Crippen molar-refractivity contribution in [2.24, 2.45) is 0 Å². The maximum absolute atomic E-state index is 12.2. The van der Waals surface area contributed by atoms with Crippen LogP contribution in [0, 0.1) is 11.3 Å². The zero-order valence-electron chi connectivity index (χ0n) is 7.81. The highest BCUT2D eigenvalue weighted by molar-refractivity contribution is 5.39. The minimum Gasteiger partial charge on any atom is -0.403 e. The van der Waals surface area contributed by atoms with E-state index >= 15 is 0 Å². The van der Waals surface area contributed by atoms with E-state index in [-0.39, 0.29) is 6.07 Å². The van der Waals surface area contributed by atoms with Gasteiger partial charge in [0.15, 0.2) is 11.4 Å². The quantitative estimate of drug-likeness (QED) is 0.821. The predicted octanol–water partition coefficient (Wildman–Crippen LogP) is 2.08. The van der Waals surface area contributed by atoms with Gasteiger partial charge >= 0.3 is 6.36 Å². The highest BCUT2D eigenvalue weighted by Gasteiger charge is 2.33. The average molecular weight is 254 g/mol. The first kappa shape index (κ1) is 13.0. The van der Waals surface area contributed by atoms with E-state index < -0.39 is 35.4 Å². The van der Waals surface area contributed by atoms with Crippen molar-refractivity contribution in [3.05, 3.63) is 27.7 Å². The largest absolute Gasteiger partial charge is 0.573 e. The Balaban J connectivity index is 3.33. The number of hydrogen-bond donors (Lipinski definition) is 1. The Morgan fingerprint density at radius 1 is 1.41 bits per heavy atom. The standard InChI is InChI=1S/C8H3F5N2O2/c9-6(10)3-1-5(17-8(11,12)13)4(2-14)15-7(3)16/h1,6H,(H,15,16). The summed E-state index contributed by atoms with van der Waals surface area (Å²) in [6.45, 7) is 0. The fraction of sp³-hybridized carbons (Fsp3) is 0.250. The van der Waals surface area contributed by atoms with E-state index in [0.29, 0.717) is 0 Å². The number of halogens is 5. The molecule has 0 amide bonds. The molecule has 0 atom stereocenters. The third-order valence-corrected chi connectivity index (χ3v) is 1.61. The molecule has 1 N–H and O–H groups in total. The molecular weight excluding hydrogens is 251 g/mol. The van der Waals surface area contributed by atoms with Gasteiger partial charge in [-0.25, -0.2) is 8.78 Å². The van der Waals surface area contributed by atoms with Crippen LogP contribution < -0.4 is 10.3 Å². The summed E-state index contributed by atoms with van der Waals surface area (Å²) >= 11 is 0. The molecule has 92 valence electrons. The minimum atomic E-state index is -5.15. The van der Waals surface area contributed by atoms with Gasteiger partial charge in [-0.1, -0.05) is 0 Å². The highest BCUT2D eigenvalue weighted by atomic mass is 19.4. The Bertz CT molecular complexity index is 514. The van der Waals surface area contributed by atoms with Crippen LogP contribution in [0.15, 0.2) is 10.9 Å². The van der Waals surface area contributed by atoms with Gasteiger partial charge in [0.25, 0.3) is 12.0 Å². The summed E-state index contributed by atoms with van der Waals surface area (Å²) in [6.07, 6.45) is -8.43. The Morgan fingerprint density at radius 3 is 2.41 bits per heavy atom. The lowest BCUT2D eigenvalue weighted by atomic mass is 10.2. The van der Waals surface area contributed by atoms with Crippen LogP contribution in [0.3, 0.4) is 0 Å². The van der Waals surface area contributed by atoms with Crippen molar-refractivity contribution in [1.29, 1.82) is 5.26 Å². The third-order valence-electron chi connectivity index (χ3n) is 1.61. The van der Waals surface area contributed by atoms with E-state index in [2.05, 4.69) is 4.74 Å². The molecule has 1 rings (SSSR count). The summed E-state index contributed by atoms with van der Waals surface area (Å²) in [5.41, 5.74) is -3.42. The molecule has 0 fully saturated rings. The normalized spacial score (nSPS) is 11.4. The summed E-state index contributed by atoms with van der Waals surface area (Å²) in [4.78, 5) is 12.5. The number of ether oxygens (including phenoxy) is 1. The van der Waals surface area contributed by atoms with E-state index in [1.54, 1.807) is 4.98 Å². The lowest BCUT2D eigenvalue weighted by molar-refractivity contribution is -0.274. The molecule has 9 heteroatoms. The van der Waals surface area contributed by atoms with Crippen molar-refractivity contribution in [2.75, 3.05) is 0 Å². The first-order chi connectivity index (χ1) is 7.74. The van der Waals surface area contributed by atoms with Crippen LogP contribution in [0.4, 0.5) is 22.0 Å². The second-order valence-electron chi connectivity index (χ2n) is 2.75. The van der Waals surface area contributed by atoms with Crippen molar-refractivity contribution in [1.82, 2.24) is 4.98 Å². The molecule has 0 aliphatic rings. The summed E-state index contributed by atoms with van der Waals surface area (Å²) < 4.78 is 63.5. The number of rotatable bonds is 2. The zero-order valence-corrected chi connectivity index (χ0v) is 7.81. The van der Waals surface area contributed by atoms with E-state index in [9.17, 15) is 26.7 Å². The van der Waals surface area contributed by atoms with Crippen molar-refractivity contribution in [3.63, 3.8) is 0 Å². The molecule has 17 heavy (non-hydrogen) atoms. The fourth-order valence-electron chi connectivity index (χ4n) is 0.977. The van der Waals surface area contributed by atoms with Crippen LogP contribution in [-0.2, 0) is 0 Å². The Labute approximate surface area is 90.2 Å². The summed E-state index contributed by atoms with van der Waals surface area (Å²) in [5, 5.41) is 8.41. The number of H-pyrrole nitrogens is 1. The number of aromatic nitrogens is 1. The minimum absolute atomic E-state index is 0.190. The molecule has 0 aromatic carbocycles. The Kier molecular flexibility index (Phi) is 3.36.